The molecule has 1 aromatic heterocycles. The van der Waals surface area contributed by atoms with Crippen LogP contribution in [0.25, 0.3) is 11.0 Å². The first kappa shape index (κ1) is 11.7. The monoisotopic (exact) mass is 280 g/mol. The molecular weight excluding hydrogens is 272 g/mol. The van der Waals surface area contributed by atoms with Crippen LogP contribution in [0.1, 0.15) is 0 Å². The Balaban J connectivity index is 2.09. The number of imide groups is 1. The Hall–Kier alpha value is -2.35. The zero-order valence-electron chi connectivity index (χ0n) is 9.49. The van der Waals surface area contributed by atoms with Crippen LogP contribution in [0.15, 0.2) is 39.8 Å². The molecule has 19 heavy (non-hydrogen) atoms. The van der Waals surface area contributed by atoms with E-state index in [9.17, 15) is 18.0 Å². The van der Waals surface area contributed by atoms with Crippen molar-refractivity contribution in [1.29, 1.82) is 0 Å². The molecule has 1 aliphatic rings. The Kier molecular flexibility index (Phi) is 2.36. The maximum atomic E-state index is 12.2. The van der Waals surface area contributed by atoms with Crippen molar-refractivity contribution in [2.45, 2.75) is 5.09 Å². The number of urea groups is 1. The van der Waals surface area contributed by atoms with Gasteiger partial charge in [-0.1, -0.05) is 18.2 Å². The molecule has 1 fully saturated rings. The normalized spacial score (nSPS) is 16.1. The van der Waals surface area contributed by atoms with Gasteiger partial charge in [-0.15, -0.1) is 0 Å². The molecule has 7 nitrogen and oxygen atoms in total. The lowest BCUT2D eigenvalue weighted by atomic mass is 10.3. The van der Waals surface area contributed by atoms with Crippen LogP contribution in [0.3, 0.4) is 0 Å². The van der Waals surface area contributed by atoms with Crippen molar-refractivity contribution >= 4 is 32.9 Å². The number of carbonyl (C=O) groups is 2. The summed E-state index contributed by atoms with van der Waals surface area (Å²) in [6.07, 6.45) is 0. The number of para-hydroxylation sites is 1. The highest BCUT2D eigenvalue weighted by atomic mass is 32.2. The maximum Gasteiger partial charge on any atom is 0.338 e. The van der Waals surface area contributed by atoms with Crippen LogP contribution < -0.4 is 5.32 Å². The number of sulfonamides is 1. The Bertz CT molecular complexity index is 759. The molecule has 0 spiro atoms. The van der Waals surface area contributed by atoms with Crippen LogP contribution in [0.4, 0.5) is 4.79 Å². The van der Waals surface area contributed by atoms with E-state index in [-0.39, 0.29) is 5.09 Å². The van der Waals surface area contributed by atoms with Crippen molar-refractivity contribution in [3.05, 3.63) is 30.3 Å². The van der Waals surface area contributed by atoms with Gasteiger partial charge in [-0.05, 0) is 6.07 Å². The molecule has 0 saturated carbocycles. The van der Waals surface area contributed by atoms with Crippen LogP contribution in [0.5, 0.6) is 0 Å². The van der Waals surface area contributed by atoms with Crippen LogP contribution in [0.2, 0.25) is 0 Å². The number of nitrogens with zero attached hydrogens (tertiary/aromatic N) is 1. The molecule has 0 atom stereocenters. The third-order valence-electron chi connectivity index (χ3n) is 2.71. The predicted molar refractivity (Wildman–Crippen MR) is 63.6 cm³/mol. The van der Waals surface area contributed by atoms with Crippen LogP contribution >= 0.6 is 0 Å². The fourth-order valence-electron chi connectivity index (χ4n) is 1.81. The highest BCUT2D eigenvalue weighted by Gasteiger charge is 2.39. The molecule has 1 N–H and O–H groups in total. The van der Waals surface area contributed by atoms with Gasteiger partial charge in [0.2, 0.25) is 11.0 Å². The third-order valence-corrected chi connectivity index (χ3v) is 4.29. The zero-order valence-corrected chi connectivity index (χ0v) is 10.3. The second kappa shape index (κ2) is 3.82. The number of amides is 3. The highest BCUT2D eigenvalue weighted by molar-refractivity contribution is 7.89. The molecule has 98 valence electrons. The second-order valence-corrected chi connectivity index (χ2v) is 5.76. The van der Waals surface area contributed by atoms with Gasteiger partial charge in [0.05, 0.1) is 0 Å². The number of fused-ring (bicyclic) bond motifs is 1. The number of hydrogen-bond donors (Lipinski definition) is 1. The van der Waals surface area contributed by atoms with Gasteiger partial charge < -0.3 is 4.42 Å². The summed E-state index contributed by atoms with van der Waals surface area (Å²) in [5.74, 6) is -0.662. The van der Waals surface area contributed by atoms with E-state index in [2.05, 4.69) is 0 Å². The van der Waals surface area contributed by atoms with Crippen LogP contribution in [-0.4, -0.2) is 31.2 Å². The Morgan fingerprint density at radius 3 is 2.58 bits per heavy atom. The minimum atomic E-state index is -4.15. The summed E-state index contributed by atoms with van der Waals surface area (Å²) in [6, 6.07) is 7.09. The summed E-state index contributed by atoms with van der Waals surface area (Å²) >= 11 is 0. The van der Waals surface area contributed by atoms with Crippen molar-refractivity contribution in [2.24, 2.45) is 0 Å². The van der Waals surface area contributed by atoms with Gasteiger partial charge >= 0.3 is 16.1 Å². The van der Waals surface area contributed by atoms with E-state index in [4.69, 9.17) is 4.42 Å². The largest absolute Gasteiger partial charge is 0.443 e. The smallest absolute Gasteiger partial charge is 0.338 e. The van der Waals surface area contributed by atoms with Gasteiger partial charge in [0, 0.05) is 11.5 Å². The summed E-state index contributed by atoms with van der Waals surface area (Å²) in [5.41, 5.74) is 0.395. The van der Waals surface area contributed by atoms with E-state index in [0.717, 1.165) is 0 Å². The zero-order chi connectivity index (χ0) is 13.6. The number of carbonyl (C=O) groups excluding carboxylic acids is 2. The van der Waals surface area contributed by atoms with E-state index in [1.54, 1.807) is 24.3 Å². The topological polar surface area (TPSA) is 96.7 Å². The lowest BCUT2D eigenvalue weighted by Crippen LogP contribution is -2.33. The van der Waals surface area contributed by atoms with Crippen LogP contribution in [-0.2, 0) is 14.8 Å². The van der Waals surface area contributed by atoms with Crippen molar-refractivity contribution in [2.75, 3.05) is 6.54 Å². The van der Waals surface area contributed by atoms with E-state index < -0.39 is 28.5 Å². The molecule has 0 radical (unpaired) electrons. The molecule has 3 rings (SSSR count). The molecular formula is C11H8N2O5S. The molecule has 1 aromatic carbocycles. The van der Waals surface area contributed by atoms with Crippen molar-refractivity contribution in [3.63, 3.8) is 0 Å². The van der Waals surface area contributed by atoms with Gasteiger partial charge in [-0.3, -0.25) is 10.1 Å². The van der Waals surface area contributed by atoms with Crippen molar-refractivity contribution in [1.82, 2.24) is 9.62 Å². The van der Waals surface area contributed by atoms with Gasteiger partial charge in [0.1, 0.15) is 12.1 Å². The number of benzene rings is 1. The van der Waals surface area contributed by atoms with Crippen molar-refractivity contribution in [3.8, 4) is 0 Å². The molecule has 2 aromatic rings. The number of furan rings is 1. The molecule has 1 saturated heterocycles. The molecule has 0 aliphatic carbocycles. The number of rotatable bonds is 2. The summed E-state index contributed by atoms with van der Waals surface area (Å²) in [5, 5.41) is 2.14. The number of nitrogens with one attached hydrogen (secondary N) is 1. The first-order valence-corrected chi connectivity index (χ1v) is 6.77. The number of hydrogen-bond acceptors (Lipinski definition) is 5. The van der Waals surface area contributed by atoms with Gasteiger partial charge in [0.25, 0.3) is 0 Å². The van der Waals surface area contributed by atoms with E-state index in [1.807, 2.05) is 5.32 Å². The first-order chi connectivity index (χ1) is 8.98. The van der Waals surface area contributed by atoms with Crippen molar-refractivity contribution < 1.29 is 22.4 Å². The standard InChI is InChI=1S/C11H8N2O5S/c14-9-6-13(11(15)12-9)19(16,17)10-5-7-3-1-2-4-8(7)18-10/h1-5H,6H2,(H,12,14,15). The average molecular weight is 280 g/mol. The third kappa shape index (κ3) is 1.76. The summed E-state index contributed by atoms with van der Waals surface area (Å²) < 4.78 is 30.0. The predicted octanol–water partition coefficient (Wildman–Crippen LogP) is 0.673. The summed E-state index contributed by atoms with van der Waals surface area (Å²) in [7, 11) is -4.15. The van der Waals surface area contributed by atoms with E-state index >= 15 is 0 Å². The summed E-state index contributed by atoms with van der Waals surface area (Å²) in [6.45, 7) is -0.530. The second-order valence-electron chi connectivity index (χ2n) is 3.97. The fourth-order valence-corrected chi connectivity index (χ4v) is 3.05. The van der Waals surface area contributed by atoms with Gasteiger partial charge in [0.15, 0.2) is 0 Å². The minimum Gasteiger partial charge on any atom is -0.443 e. The van der Waals surface area contributed by atoms with Crippen LogP contribution in [0, 0.1) is 0 Å². The maximum absolute atomic E-state index is 12.2. The average Bonchev–Trinajstić information content (AvgIpc) is 2.92. The molecule has 3 amide bonds. The highest BCUT2D eigenvalue weighted by Crippen LogP contribution is 2.25. The SMILES string of the molecule is O=C1CN(S(=O)(=O)c2cc3ccccc3o2)C(=O)N1. The Morgan fingerprint density at radius 1 is 1.21 bits per heavy atom. The Labute approximate surface area is 107 Å². The molecule has 0 bridgehead atoms. The molecule has 0 unspecified atom stereocenters. The van der Waals surface area contributed by atoms with Gasteiger partial charge in [-0.2, -0.15) is 8.42 Å². The quantitative estimate of drug-likeness (QED) is 0.816. The summed E-state index contributed by atoms with van der Waals surface area (Å²) in [4.78, 5) is 22.4. The minimum absolute atomic E-state index is 0.362. The lowest BCUT2D eigenvalue weighted by Gasteiger charge is -2.10. The lowest BCUT2D eigenvalue weighted by molar-refractivity contribution is -0.118. The van der Waals surface area contributed by atoms with Gasteiger partial charge in [-0.25, -0.2) is 9.10 Å². The molecule has 8 heteroatoms. The van der Waals surface area contributed by atoms with E-state index in [0.29, 0.717) is 15.3 Å². The first-order valence-electron chi connectivity index (χ1n) is 5.33. The van der Waals surface area contributed by atoms with E-state index in [1.165, 1.54) is 6.07 Å². The molecule has 1 aliphatic heterocycles. The molecule has 2 heterocycles. The fraction of sp³-hybridized carbons (Fsp3) is 0.0909. The Morgan fingerprint density at radius 2 is 1.95 bits per heavy atom.